The van der Waals surface area contributed by atoms with Gasteiger partial charge < -0.3 is 9.15 Å². The van der Waals surface area contributed by atoms with Crippen molar-refractivity contribution in [1.29, 1.82) is 0 Å². The number of carbonyl (C=O) groups excluding carboxylic acids is 1. The van der Waals surface area contributed by atoms with Crippen LogP contribution in [0.25, 0.3) is 11.5 Å². The zero-order valence-electron chi connectivity index (χ0n) is 13.4. The summed E-state index contributed by atoms with van der Waals surface area (Å²) in [7, 11) is -3.13. The molecule has 24 heavy (non-hydrogen) atoms. The van der Waals surface area contributed by atoms with Crippen molar-refractivity contribution < 1.29 is 22.4 Å². The minimum Gasteiger partial charge on any atom is -0.452 e. The van der Waals surface area contributed by atoms with Crippen LogP contribution in [-0.2, 0) is 19.4 Å². The van der Waals surface area contributed by atoms with Gasteiger partial charge in [0, 0.05) is 5.56 Å². The van der Waals surface area contributed by atoms with Crippen LogP contribution < -0.4 is 0 Å². The highest BCUT2D eigenvalue weighted by Crippen LogP contribution is 2.25. The molecule has 0 amide bonds. The molecule has 0 bridgehead atoms. The van der Waals surface area contributed by atoms with Gasteiger partial charge in [0.2, 0.25) is 5.89 Å². The molecule has 128 valence electrons. The van der Waals surface area contributed by atoms with Crippen molar-refractivity contribution in [2.24, 2.45) is 5.92 Å². The maximum atomic E-state index is 12.1. The Kier molecular flexibility index (Phi) is 4.40. The monoisotopic (exact) mass is 350 g/mol. The fourth-order valence-corrected chi connectivity index (χ4v) is 4.24. The number of aryl methyl sites for hydroxylation is 1. The quantitative estimate of drug-likeness (QED) is 0.778. The normalized spacial score (nSPS) is 20.7. The number of aromatic nitrogens is 2. The number of ether oxygens (including phenoxy) is 1. The molecule has 1 aromatic carbocycles. The second-order valence-corrected chi connectivity index (χ2v) is 8.22. The van der Waals surface area contributed by atoms with E-state index in [1.807, 2.05) is 31.2 Å². The summed E-state index contributed by atoms with van der Waals surface area (Å²) in [6, 6.07) is 7.60. The van der Waals surface area contributed by atoms with Crippen molar-refractivity contribution in [2.75, 3.05) is 11.5 Å². The van der Waals surface area contributed by atoms with E-state index < -0.39 is 27.8 Å². The second kappa shape index (κ2) is 6.35. The molecule has 0 aliphatic carbocycles. The summed E-state index contributed by atoms with van der Waals surface area (Å²) in [6.07, 6.45) is -0.431. The number of rotatable bonds is 4. The van der Waals surface area contributed by atoms with E-state index in [1.54, 1.807) is 6.92 Å². The standard InChI is InChI=1S/C16H18N2O5S/c1-10-3-5-12(6-4-10)15-18-17-14(23-15)11(2)22-16(19)13-7-8-24(20,21)9-13/h3-6,11,13H,7-9H2,1-2H3. The third-order valence-electron chi connectivity index (χ3n) is 3.95. The first-order chi connectivity index (χ1) is 11.3. The molecule has 1 fully saturated rings. The van der Waals surface area contributed by atoms with Gasteiger partial charge in [-0.1, -0.05) is 17.7 Å². The van der Waals surface area contributed by atoms with Gasteiger partial charge in [-0.2, -0.15) is 0 Å². The summed E-state index contributed by atoms with van der Waals surface area (Å²) < 4.78 is 33.7. The lowest BCUT2D eigenvalue weighted by atomic mass is 10.1. The summed E-state index contributed by atoms with van der Waals surface area (Å²) in [5.74, 6) is -0.761. The predicted molar refractivity (Wildman–Crippen MR) is 85.7 cm³/mol. The number of carbonyl (C=O) groups is 1. The van der Waals surface area contributed by atoms with Crippen molar-refractivity contribution in [3.63, 3.8) is 0 Å². The lowest BCUT2D eigenvalue weighted by Crippen LogP contribution is -2.20. The average molecular weight is 350 g/mol. The first-order valence-electron chi connectivity index (χ1n) is 7.65. The minimum absolute atomic E-state index is 0.0271. The van der Waals surface area contributed by atoms with Crippen molar-refractivity contribution >= 4 is 15.8 Å². The first kappa shape index (κ1) is 16.6. The lowest BCUT2D eigenvalue weighted by molar-refractivity contribution is -0.153. The van der Waals surface area contributed by atoms with E-state index >= 15 is 0 Å². The van der Waals surface area contributed by atoms with Gasteiger partial charge in [0.05, 0.1) is 17.4 Å². The van der Waals surface area contributed by atoms with Crippen LogP contribution in [0, 0.1) is 12.8 Å². The van der Waals surface area contributed by atoms with Crippen molar-refractivity contribution in [2.45, 2.75) is 26.4 Å². The maximum absolute atomic E-state index is 12.1. The number of hydrogen-bond acceptors (Lipinski definition) is 7. The Labute approximate surface area is 140 Å². The third-order valence-corrected chi connectivity index (χ3v) is 5.71. The van der Waals surface area contributed by atoms with Crippen molar-refractivity contribution in [3.05, 3.63) is 35.7 Å². The first-order valence-corrected chi connectivity index (χ1v) is 9.47. The molecule has 0 radical (unpaired) electrons. The van der Waals surface area contributed by atoms with Crippen LogP contribution >= 0.6 is 0 Å². The molecule has 8 heteroatoms. The molecule has 1 aliphatic rings. The Morgan fingerprint density at radius 3 is 2.62 bits per heavy atom. The molecule has 2 unspecified atom stereocenters. The van der Waals surface area contributed by atoms with Gasteiger partial charge in [-0.15, -0.1) is 10.2 Å². The number of hydrogen-bond donors (Lipinski definition) is 0. The van der Waals surface area contributed by atoms with Gasteiger partial charge in [0.15, 0.2) is 15.9 Å². The molecule has 2 aromatic rings. The van der Waals surface area contributed by atoms with E-state index in [-0.39, 0.29) is 17.4 Å². The van der Waals surface area contributed by atoms with Gasteiger partial charge in [0.25, 0.3) is 5.89 Å². The fourth-order valence-electron chi connectivity index (χ4n) is 2.51. The van der Waals surface area contributed by atoms with Gasteiger partial charge >= 0.3 is 5.97 Å². The van der Waals surface area contributed by atoms with E-state index in [1.165, 1.54) is 0 Å². The smallest absolute Gasteiger partial charge is 0.310 e. The predicted octanol–water partition coefficient (Wildman–Crippen LogP) is 2.08. The molecule has 0 N–H and O–H groups in total. The zero-order valence-corrected chi connectivity index (χ0v) is 14.2. The highest BCUT2D eigenvalue weighted by atomic mass is 32.2. The molecule has 1 saturated heterocycles. The van der Waals surface area contributed by atoms with Crippen molar-refractivity contribution in [3.8, 4) is 11.5 Å². The molecule has 0 spiro atoms. The molecule has 2 heterocycles. The molecule has 0 saturated carbocycles. The van der Waals surface area contributed by atoms with Crippen LogP contribution in [0.1, 0.15) is 30.9 Å². The van der Waals surface area contributed by atoms with Crippen LogP contribution in [-0.4, -0.2) is 36.1 Å². The largest absolute Gasteiger partial charge is 0.452 e. The van der Waals surface area contributed by atoms with E-state index in [9.17, 15) is 13.2 Å². The summed E-state index contributed by atoms with van der Waals surface area (Å²) >= 11 is 0. The van der Waals surface area contributed by atoms with Gasteiger partial charge in [-0.05, 0) is 32.4 Å². The maximum Gasteiger partial charge on any atom is 0.310 e. The van der Waals surface area contributed by atoms with Crippen LogP contribution in [0.15, 0.2) is 28.7 Å². The Balaban J connectivity index is 1.66. The minimum atomic E-state index is -3.13. The van der Waals surface area contributed by atoms with Crippen LogP contribution in [0.3, 0.4) is 0 Å². The summed E-state index contributed by atoms with van der Waals surface area (Å²) in [6.45, 7) is 3.60. The summed E-state index contributed by atoms with van der Waals surface area (Å²) in [5, 5.41) is 7.87. The molecule has 7 nitrogen and oxygen atoms in total. The Hall–Kier alpha value is -2.22. The highest BCUT2D eigenvalue weighted by molar-refractivity contribution is 7.91. The average Bonchev–Trinajstić information content (AvgIpc) is 3.14. The van der Waals surface area contributed by atoms with Crippen LogP contribution in [0.5, 0.6) is 0 Å². The summed E-state index contributed by atoms with van der Waals surface area (Å²) in [5.41, 5.74) is 1.90. The number of sulfone groups is 1. The second-order valence-electron chi connectivity index (χ2n) is 5.99. The van der Waals surface area contributed by atoms with E-state index in [4.69, 9.17) is 9.15 Å². The van der Waals surface area contributed by atoms with E-state index in [0.29, 0.717) is 12.3 Å². The van der Waals surface area contributed by atoms with Crippen LogP contribution in [0.2, 0.25) is 0 Å². The third kappa shape index (κ3) is 3.64. The van der Waals surface area contributed by atoms with Crippen LogP contribution in [0.4, 0.5) is 0 Å². The number of esters is 1. The number of nitrogens with zero attached hydrogens (tertiary/aromatic N) is 2. The molecular weight excluding hydrogens is 332 g/mol. The zero-order chi connectivity index (χ0) is 17.3. The van der Waals surface area contributed by atoms with Gasteiger partial charge in [-0.25, -0.2) is 8.42 Å². The fraction of sp³-hybridized carbons (Fsp3) is 0.438. The molecule has 2 atom stereocenters. The molecule has 3 rings (SSSR count). The van der Waals surface area contributed by atoms with E-state index in [2.05, 4.69) is 10.2 Å². The number of benzene rings is 1. The van der Waals surface area contributed by atoms with Gasteiger partial charge in [-0.3, -0.25) is 4.79 Å². The van der Waals surface area contributed by atoms with Gasteiger partial charge in [0.1, 0.15) is 0 Å². The Morgan fingerprint density at radius 1 is 1.29 bits per heavy atom. The lowest BCUT2D eigenvalue weighted by Gasteiger charge is -2.12. The van der Waals surface area contributed by atoms with E-state index in [0.717, 1.165) is 11.1 Å². The molecule has 1 aromatic heterocycles. The van der Waals surface area contributed by atoms with Crippen molar-refractivity contribution in [1.82, 2.24) is 10.2 Å². The SMILES string of the molecule is Cc1ccc(-c2nnc(C(C)OC(=O)C3CCS(=O)(=O)C3)o2)cc1. The highest BCUT2D eigenvalue weighted by Gasteiger charge is 2.35. The molecular formula is C16H18N2O5S. The Morgan fingerprint density at radius 2 is 2.00 bits per heavy atom. The molecule has 1 aliphatic heterocycles. The Bertz CT molecular complexity index is 842. The summed E-state index contributed by atoms with van der Waals surface area (Å²) in [4.78, 5) is 12.1. The topological polar surface area (TPSA) is 99.4 Å².